The summed E-state index contributed by atoms with van der Waals surface area (Å²) in [6, 6.07) is 9.23. The first-order valence-corrected chi connectivity index (χ1v) is 8.45. The number of aryl methyl sites for hydroxylation is 1. The standard InChI is InChI=1S/C19H24O/c1-18-10-8-15-14-5-3-2-4-13(14)6-7-16(15)17(18)9-11-19(18)12-20-19/h2-5,15-17H,6-12H2,1H3/t15-,16-,17+,18+,19-/m1/s1. The van der Waals surface area contributed by atoms with Gasteiger partial charge in [-0.15, -0.1) is 0 Å². The molecule has 3 fully saturated rings. The van der Waals surface area contributed by atoms with Gasteiger partial charge in [-0.3, -0.25) is 0 Å². The second kappa shape index (κ2) is 3.68. The maximum absolute atomic E-state index is 5.98. The first-order chi connectivity index (χ1) is 9.74. The van der Waals surface area contributed by atoms with Gasteiger partial charge in [0.1, 0.15) is 0 Å². The number of benzene rings is 1. The Kier molecular flexibility index (Phi) is 2.17. The van der Waals surface area contributed by atoms with E-state index in [9.17, 15) is 0 Å². The van der Waals surface area contributed by atoms with Crippen LogP contribution in [0, 0.1) is 17.3 Å². The molecule has 1 aliphatic heterocycles. The van der Waals surface area contributed by atoms with E-state index in [0.717, 1.165) is 24.4 Å². The molecule has 1 heterocycles. The number of hydrogen-bond acceptors (Lipinski definition) is 1. The van der Waals surface area contributed by atoms with Gasteiger partial charge in [0.2, 0.25) is 0 Å². The molecule has 20 heavy (non-hydrogen) atoms. The average Bonchev–Trinajstić information content (AvgIpc) is 3.21. The van der Waals surface area contributed by atoms with Crippen LogP contribution in [0.4, 0.5) is 0 Å². The fourth-order valence-electron chi connectivity index (χ4n) is 6.18. The molecular weight excluding hydrogens is 244 g/mol. The molecule has 1 saturated heterocycles. The molecule has 0 amide bonds. The Morgan fingerprint density at radius 1 is 1.10 bits per heavy atom. The molecule has 106 valence electrons. The molecule has 0 bridgehead atoms. The lowest BCUT2D eigenvalue weighted by Crippen LogP contribution is -2.45. The molecule has 1 spiro atoms. The van der Waals surface area contributed by atoms with Crippen LogP contribution in [0.1, 0.15) is 56.1 Å². The van der Waals surface area contributed by atoms with Crippen molar-refractivity contribution < 1.29 is 4.74 Å². The number of rotatable bonds is 0. The molecule has 2 saturated carbocycles. The van der Waals surface area contributed by atoms with Crippen molar-refractivity contribution in [1.29, 1.82) is 0 Å². The summed E-state index contributed by atoms with van der Waals surface area (Å²) < 4.78 is 5.98. The molecular formula is C19H24O. The van der Waals surface area contributed by atoms with Crippen LogP contribution < -0.4 is 0 Å². The SMILES string of the molecule is C[C@]12CC[C@@H]3c4ccccc4CC[C@H]3[C@@H]1CC[C@@]21CO1. The smallest absolute Gasteiger partial charge is 0.0972 e. The lowest BCUT2D eigenvalue weighted by atomic mass is 9.54. The summed E-state index contributed by atoms with van der Waals surface area (Å²) >= 11 is 0. The van der Waals surface area contributed by atoms with E-state index in [1.807, 2.05) is 0 Å². The summed E-state index contributed by atoms with van der Waals surface area (Å²) in [5.74, 6) is 2.68. The molecule has 4 aliphatic rings. The monoisotopic (exact) mass is 268 g/mol. The Balaban J connectivity index is 1.55. The molecule has 5 rings (SSSR count). The van der Waals surface area contributed by atoms with Crippen LogP contribution in [0.5, 0.6) is 0 Å². The summed E-state index contributed by atoms with van der Waals surface area (Å²) in [4.78, 5) is 0. The summed E-state index contributed by atoms with van der Waals surface area (Å²) in [6.07, 6.45) is 8.24. The molecule has 5 atom stereocenters. The van der Waals surface area contributed by atoms with Crippen molar-refractivity contribution in [1.82, 2.24) is 0 Å². The Bertz CT molecular complexity index is 559. The van der Waals surface area contributed by atoms with Crippen LogP contribution in [0.15, 0.2) is 24.3 Å². The topological polar surface area (TPSA) is 12.5 Å². The number of fused-ring (bicyclic) bond motifs is 6. The van der Waals surface area contributed by atoms with Crippen molar-refractivity contribution in [2.75, 3.05) is 6.61 Å². The molecule has 3 aliphatic carbocycles. The quantitative estimate of drug-likeness (QED) is 0.639. The highest BCUT2D eigenvalue weighted by Crippen LogP contribution is 2.68. The Morgan fingerprint density at radius 3 is 2.80 bits per heavy atom. The third-order valence-electron chi connectivity index (χ3n) is 7.42. The van der Waals surface area contributed by atoms with Gasteiger partial charge < -0.3 is 4.74 Å². The van der Waals surface area contributed by atoms with Crippen LogP contribution in [0.3, 0.4) is 0 Å². The van der Waals surface area contributed by atoms with Crippen LogP contribution in [0.2, 0.25) is 0 Å². The van der Waals surface area contributed by atoms with Crippen molar-refractivity contribution in [3.8, 4) is 0 Å². The maximum atomic E-state index is 5.98. The molecule has 0 N–H and O–H groups in total. The zero-order chi connectivity index (χ0) is 13.4. The van der Waals surface area contributed by atoms with Gasteiger partial charge in [-0.1, -0.05) is 31.2 Å². The summed E-state index contributed by atoms with van der Waals surface area (Å²) in [7, 11) is 0. The predicted molar refractivity (Wildman–Crippen MR) is 79.7 cm³/mol. The van der Waals surface area contributed by atoms with E-state index in [2.05, 4.69) is 31.2 Å². The van der Waals surface area contributed by atoms with E-state index >= 15 is 0 Å². The zero-order valence-electron chi connectivity index (χ0n) is 12.4. The molecule has 0 aromatic heterocycles. The normalized spacial score (nSPS) is 48.5. The van der Waals surface area contributed by atoms with E-state index in [4.69, 9.17) is 4.74 Å². The van der Waals surface area contributed by atoms with E-state index in [1.165, 1.54) is 38.5 Å². The van der Waals surface area contributed by atoms with Gasteiger partial charge in [0.05, 0.1) is 12.2 Å². The van der Waals surface area contributed by atoms with Crippen LogP contribution in [-0.2, 0) is 11.2 Å². The maximum Gasteiger partial charge on any atom is 0.0972 e. The van der Waals surface area contributed by atoms with Crippen LogP contribution >= 0.6 is 0 Å². The number of epoxide rings is 1. The van der Waals surface area contributed by atoms with Gasteiger partial charge in [-0.05, 0) is 67.4 Å². The highest BCUT2D eigenvalue weighted by Gasteiger charge is 2.68. The van der Waals surface area contributed by atoms with Crippen LogP contribution in [-0.4, -0.2) is 12.2 Å². The molecule has 1 aromatic carbocycles. The molecule has 1 heteroatoms. The highest BCUT2D eigenvalue weighted by atomic mass is 16.6. The lowest BCUT2D eigenvalue weighted by Gasteiger charge is -2.50. The second-order valence-corrected chi connectivity index (χ2v) is 7.89. The minimum Gasteiger partial charge on any atom is -0.369 e. The lowest BCUT2D eigenvalue weighted by molar-refractivity contribution is 0.0121. The number of ether oxygens (including phenoxy) is 1. The minimum absolute atomic E-state index is 0.305. The van der Waals surface area contributed by atoms with Gasteiger partial charge in [0.25, 0.3) is 0 Å². The summed E-state index contributed by atoms with van der Waals surface area (Å²) in [6.45, 7) is 3.60. The van der Waals surface area contributed by atoms with Gasteiger partial charge >= 0.3 is 0 Å². The van der Waals surface area contributed by atoms with Gasteiger partial charge in [-0.25, -0.2) is 0 Å². The predicted octanol–water partition coefficient (Wildman–Crippen LogP) is 4.31. The van der Waals surface area contributed by atoms with E-state index in [1.54, 1.807) is 11.1 Å². The van der Waals surface area contributed by atoms with E-state index in [0.29, 0.717) is 11.0 Å². The Morgan fingerprint density at radius 2 is 1.95 bits per heavy atom. The van der Waals surface area contributed by atoms with Crippen molar-refractivity contribution in [3.05, 3.63) is 35.4 Å². The molecule has 1 nitrogen and oxygen atoms in total. The fourth-order valence-corrected chi connectivity index (χ4v) is 6.18. The molecule has 0 radical (unpaired) electrons. The summed E-state index contributed by atoms with van der Waals surface area (Å²) in [5.41, 5.74) is 4.11. The second-order valence-electron chi connectivity index (χ2n) is 7.89. The van der Waals surface area contributed by atoms with Crippen molar-refractivity contribution in [2.45, 2.75) is 57.0 Å². The Labute approximate surface area is 121 Å². The average molecular weight is 268 g/mol. The molecule has 1 aromatic rings. The first kappa shape index (κ1) is 11.8. The van der Waals surface area contributed by atoms with E-state index in [-0.39, 0.29) is 0 Å². The van der Waals surface area contributed by atoms with Gasteiger partial charge in [0, 0.05) is 5.41 Å². The fraction of sp³-hybridized carbons (Fsp3) is 0.684. The van der Waals surface area contributed by atoms with Crippen molar-refractivity contribution in [3.63, 3.8) is 0 Å². The first-order valence-electron chi connectivity index (χ1n) is 8.45. The number of hydrogen-bond donors (Lipinski definition) is 0. The summed E-state index contributed by atoms with van der Waals surface area (Å²) in [5, 5.41) is 0. The highest BCUT2D eigenvalue weighted by molar-refractivity contribution is 5.35. The molecule has 0 unspecified atom stereocenters. The van der Waals surface area contributed by atoms with E-state index < -0.39 is 0 Å². The zero-order valence-corrected chi connectivity index (χ0v) is 12.4. The van der Waals surface area contributed by atoms with Crippen LogP contribution in [0.25, 0.3) is 0 Å². The van der Waals surface area contributed by atoms with Crippen molar-refractivity contribution in [2.24, 2.45) is 17.3 Å². The third kappa shape index (κ3) is 1.28. The Hall–Kier alpha value is -0.820. The third-order valence-corrected chi connectivity index (χ3v) is 7.42. The van der Waals surface area contributed by atoms with Gasteiger partial charge in [-0.2, -0.15) is 0 Å². The minimum atomic E-state index is 0.305. The van der Waals surface area contributed by atoms with Gasteiger partial charge in [0.15, 0.2) is 0 Å². The largest absolute Gasteiger partial charge is 0.369 e. The van der Waals surface area contributed by atoms with Crippen molar-refractivity contribution >= 4 is 0 Å².